The summed E-state index contributed by atoms with van der Waals surface area (Å²) in [5.41, 5.74) is 1.61. The van der Waals surface area contributed by atoms with Gasteiger partial charge in [0, 0.05) is 20.1 Å². The maximum atomic E-state index is 12.4. The van der Waals surface area contributed by atoms with Crippen LogP contribution in [-0.2, 0) is 18.4 Å². The summed E-state index contributed by atoms with van der Waals surface area (Å²) in [5, 5.41) is 16.6. The van der Waals surface area contributed by atoms with E-state index in [1.807, 2.05) is 17.9 Å². The molecule has 132 valence electrons. The van der Waals surface area contributed by atoms with Crippen molar-refractivity contribution in [2.75, 3.05) is 13.1 Å². The van der Waals surface area contributed by atoms with Crippen LogP contribution in [0.2, 0.25) is 0 Å². The number of nitrogens with one attached hydrogen (secondary N) is 1. The summed E-state index contributed by atoms with van der Waals surface area (Å²) < 4.78 is 1.84. The maximum absolute atomic E-state index is 12.4. The molecule has 2 aliphatic rings. The average molecular weight is 334 g/mol. The van der Waals surface area contributed by atoms with E-state index in [1.54, 1.807) is 11.8 Å². The number of hydrogen-bond donors (Lipinski definition) is 2. The molecule has 1 aromatic rings. The fourth-order valence-corrected chi connectivity index (χ4v) is 3.44. The summed E-state index contributed by atoms with van der Waals surface area (Å²) in [6, 6.07) is -0.122. The normalized spacial score (nSPS) is 20.5. The zero-order valence-corrected chi connectivity index (χ0v) is 14.4. The number of amides is 2. The molecule has 2 fully saturated rings. The highest BCUT2D eigenvalue weighted by Gasteiger charge is 2.38. The van der Waals surface area contributed by atoms with Gasteiger partial charge in [-0.1, -0.05) is 6.42 Å². The lowest BCUT2D eigenvalue weighted by Crippen LogP contribution is -2.48. The Hall–Kier alpha value is -2.05. The Kier molecular flexibility index (Phi) is 4.51. The number of carbonyl (C=O) groups is 2. The largest absolute Gasteiger partial charge is 0.481 e. The van der Waals surface area contributed by atoms with Gasteiger partial charge in [0.05, 0.1) is 23.9 Å². The van der Waals surface area contributed by atoms with Crippen molar-refractivity contribution in [3.63, 3.8) is 0 Å². The first-order chi connectivity index (χ1) is 11.4. The fraction of sp³-hybridized carbons (Fsp3) is 0.706. The molecule has 24 heavy (non-hydrogen) atoms. The van der Waals surface area contributed by atoms with Crippen LogP contribution in [-0.4, -0.2) is 44.9 Å². The monoisotopic (exact) mass is 334 g/mol. The van der Waals surface area contributed by atoms with E-state index in [0.29, 0.717) is 38.4 Å². The van der Waals surface area contributed by atoms with Crippen molar-refractivity contribution in [3.05, 3.63) is 17.5 Å². The van der Waals surface area contributed by atoms with E-state index in [0.717, 1.165) is 5.69 Å². The SMILES string of the molecule is Cn1ncc(C2CCC2)c1CNC(=O)N1CCC(C)(C(=O)O)CC1. The summed E-state index contributed by atoms with van der Waals surface area (Å²) in [4.78, 5) is 25.4. The van der Waals surface area contributed by atoms with Gasteiger partial charge in [0.25, 0.3) is 0 Å². The van der Waals surface area contributed by atoms with Crippen molar-refractivity contribution in [2.24, 2.45) is 12.5 Å². The number of urea groups is 1. The molecule has 0 aromatic carbocycles. The van der Waals surface area contributed by atoms with Gasteiger partial charge in [-0.3, -0.25) is 9.48 Å². The Morgan fingerprint density at radius 1 is 1.38 bits per heavy atom. The third kappa shape index (κ3) is 3.12. The van der Waals surface area contributed by atoms with Crippen molar-refractivity contribution in [1.82, 2.24) is 20.0 Å². The van der Waals surface area contributed by atoms with Gasteiger partial charge in [-0.2, -0.15) is 5.10 Å². The first-order valence-corrected chi connectivity index (χ1v) is 8.67. The minimum Gasteiger partial charge on any atom is -0.481 e. The summed E-state index contributed by atoms with van der Waals surface area (Å²) >= 11 is 0. The van der Waals surface area contributed by atoms with Gasteiger partial charge in [-0.15, -0.1) is 0 Å². The number of aliphatic carboxylic acids is 1. The van der Waals surface area contributed by atoms with Gasteiger partial charge in [0.1, 0.15) is 0 Å². The number of carboxylic acid groups (broad SMARTS) is 1. The molecule has 2 amide bonds. The van der Waals surface area contributed by atoms with E-state index in [4.69, 9.17) is 0 Å². The summed E-state index contributed by atoms with van der Waals surface area (Å²) in [7, 11) is 1.91. The number of piperidine rings is 1. The smallest absolute Gasteiger partial charge is 0.317 e. The molecule has 0 atom stereocenters. The second-order valence-electron chi connectivity index (χ2n) is 7.31. The molecular formula is C17H26N4O3. The molecule has 0 radical (unpaired) electrons. The molecule has 1 saturated carbocycles. The highest BCUT2D eigenvalue weighted by molar-refractivity contribution is 5.77. The molecule has 1 aliphatic heterocycles. The molecule has 0 unspecified atom stereocenters. The van der Waals surface area contributed by atoms with Gasteiger partial charge in [0.15, 0.2) is 0 Å². The van der Waals surface area contributed by atoms with E-state index >= 15 is 0 Å². The van der Waals surface area contributed by atoms with Gasteiger partial charge >= 0.3 is 12.0 Å². The minimum absolute atomic E-state index is 0.122. The van der Waals surface area contributed by atoms with E-state index in [9.17, 15) is 14.7 Å². The molecule has 1 saturated heterocycles. The van der Waals surface area contributed by atoms with E-state index in [2.05, 4.69) is 10.4 Å². The number of rotatable bonds is 4. The standard InChI is InChI=1S/C17H26N4O3/c1-17(15(22)23)6-8-21(9-7-17)16(24)18-11-14-13(10-19-20(14)2)12-4-3-5-12/h10,12H,3-9,11H2,1-2H3,(H,18,24)(H,22,23). The van der Waals surface area contributed by atoms with Gasteiger partial charge in [-0.25, -0.2) is 4.79 Å². The van der Waals surface area contributed by atoms with Crippen LogP contribution in [0.1, 0.15) is 56.2 Å². The van der Waals surface area contributed by atoms with Crippen LogP contribution < -0.4 is 5.32 Å². The van der Waals surface area contributed by atoms with Crippen molar-refractivity contribution < 1.29 is 14.7 Å². The fourth-order valence-electron chi connectivity index (χ4n) is 3.44. The lowest BCUT2D eigenvalue weighted by Gasteiger charge is -2.36. The second-order valence-corrected chi connectivity index (χ2v) is 7.31. The zero-order valence-electron chi connectivity index (χ0n) is 14.4. The molecule has 1 aromatic heterocycles. The maximum Gasteiger partial charge on any atom is 0.317 e. The molecular weight excluding hydrogens is 308 g/mol. The molecule has 3 rings (SSSR count). The van der Waals surface area contributed by atoms with Crippen LogP contribution in [0.5, 0.6) is 0 Å². The third-order valence-corrected chi connectivity index (χ3v) is 5.72. The van der Waals surface area contributed by atoms with Crippen LogP contribution in [0.3, 0.4) is 0 Å². The Morgan fingerprint density at radius 2 is 2.04 bits per heavy atom. The van der Waals surface area contributed by atoms with Crippen LogP contribution >= 0.6 is 0 Å². The molecule has 7 heteroatoms. The van der Waals surface area contributed by atoms with E-state index < -0.39 is 11.4 Å². The highest BCUT2D eigenvalue weighted by Crippen LogP contribution is 2.37. The Morgan fingerprint density at radius 3 is 2.58 bits per heavy atom. The van der Waals surface area contributed by atoms with Gasteiger partial charge in [-0.05, 0) is 44.1 Å². The lowest BCUT2D eigenvalue weighted by atomic mass is 9.80. The van der Waals surface area contributed by atoms with Crippen molar-refractivity contribution in [1.29, 1.82) is 0 Å². The van der Waals surface area contributed by atoms with Gasteiger partial charge in [0.2, 0.25) is 0 Å². The molecule has 1 aliphatic carbocycles. The predicted octanol–water partition coefficient (Wildman–Crippen LogP) is 2.08. The van der Waals surface area contributed by atoms with Crippen molar-refractivity contribution in [2.45, 2.75) is 51.5 Å². The topological polar surface area (TPSA) is 87.5 Å². The van der Waals surface area contributed by atoms with E-state index in [1.165, 1.54) is 24.8 Å². The highest BCUT2D eigenvalue weighted by atomic mass is 16.4. The lowest BCUT2D eigenvalue weighted by molar-refractivity contribution is -0.150. The predicted molar refractivity (Wildman–Crippen MR) is 88.6 cm³/mol. The Balaban J connectivity index is 1.55. The first-order valence-electron chi connectivity index (χ1n) is 8.67. The molecule has 2 N–H and O–H groups in total. The van der Waals surface area contributed by atoms with Crippen LogP contribution in [0.15, 0.2) is 6.20 Å². The van der Waals surface area contributed by atoms with Crippen LogP contribution in [0.25, 0.3) is 0 Å². The van der Waals surface area contributed by atoms with E-state index in [-0.39, 0.29) is 6.03 Å². The number of aromatic nitrogens is 2. The zero-order chi connectivity index (χ0) is 17.3. The minimum atomic E-state index is -0.775. The molecule has 2 heterocycles. The third-order valence-electron chi connectivity index (χ3n) is 5.72. The van der Waals surface area contributed by atoms with Crippen LogP contribution in [0, 0.1) is 5.41 Å². The number of hydrogen-bond acceptors (Lipinski definition) is 3. The number of carbonyl (C=O) groups excluding carboxylic acids is 1. The summed E-state index contributed by atoms with van der Waals surface area (Å²) in [6.45, 7) is 3.18. The van der Waals surface area contributed by atoms with Crippen LogP contribution in [0.4, 0.5) is 4.79 Å². The number of carboxylic acids is 1. The molecule has 7 nitrogen and oxygen atoms in total. The quantitative estimate of drug-likeness (QED) is 0.882. The van der Waals surface area contributed by atoms with Crippen molar-refractivity contribution >= 4 is 12.0 Å². The number of likely N-dealkylation sites (tertiary alicyclic amines) is 1. The summed E-state index contributed by atoms with van der Waals surface area (Å²) in [5.74, 6) is -0.195. The number of nitrogens with zero attached hydrogens (tertiary/aromatic N) is 3. The van der Waals surface area contributed by atoms with Gasteiger partial charge < -0.3 is 15.3 Å². The van der Waals surface area contributed by atoms with Crippen molar-refractivity contribution in [3.8, 4) is 0 Å². The Bertz CT molecular complexity index is 628. The first kappa shape index (κ1) is 16.8. The second kappa shape index (κ2) is 6.45. The Labute approximate surface area is 142 Å². The summed E-state index contributed by atoms with van der Waals surface area (Å²) in [6.07, 6.45) is 6.58. The molecule has 0 spiro atoms. The average Bonchev–Trinajstić information content (AvgIpc) is 2.84. The number of aryl methyl sites for hydroxylation is 1. The molecule has 0 bridgehead atoms.